The van der Waals surface area contributed by atoms with Crippen LogP contribution >= 0.6 is 0 Å². The van der Waals surface area contributed by atoms with E-state index >= 15 is 0 Å². The second kappa shape index (κ2) is 4.07. The molecule has 0 aromatic rings. The first-order valence-electron chi connectivity index (χ1n) is 4.53. The second-order valence-electron chi connectivity index (χ2n) is 3.74. The zero-order chi connectivity index (χ0) is 8.27. The number of nitrogens with zero attached hydrogens (tertiary/aromatic N) is 2. The Kier molecular flexibility index (Phi) is 3.34. The first-order chi connectivity index (χ1) is 5.24. The lowest BCUT2D eigenvalue weighted by molar-refractivity contribution is 0.264. The lowest BCUT2D eigenvalue weighted by atomic mass is 10.1. The Morgan fingerprint density at radius 2 is 2.27 bits per heavy atom. The lowest BCUT2D eigenvalue weighted by Crippen LogP contribution is -2.29. The molecule has 0 spiro atoms. The molecule has 0 aromatic heterocycles. The minimum absolute atomic E-state index is 0.719. The van der Waals surface area contributed by atoms with Crippen molar-refractivity contribution in [3.63, 3.8) is 0 Å². The average molecular weight is 155 g/mol. The van der Waals surface area contributed by atoms with Crippen molar-refractivity contribution < 1.29 is 0 Å². The van der Waals surface area contributed by atoms with E-state index in [1.807, 2.05) is 7.05 Å². The van der Waals surface area contributed by atoms with Crippen LogP contribution in [0.15, 0.2) is 0 Å². The van der Waals surface area contributed by atoms with E-state index in [4.69, 9.17) is 0 Å². The van der Waals surface area contributed by atoms with Crippen LogP contribution in [0.4, 0.5) is 0 Å². The topological polar surface area (TPSA) is 17.3 Å². The van der Waals surface area contributed by atoms with Crippen LogP contribution in [-0.2, 0) is 0 Å². The van der Waals surface area contributed by atoms with Crippen LogP contribution in [0.3, 0.4) is 0 Å². The van der Waals surface area contributed by atoms with E-state index < -0.39 is 0 Å². The SMILES string of the molecule is C[N]CC1CCN(C(C)C)C1. The Bertz CT molecular complexity index is 112. The largest absolute Gasteiger partial charge is 0.301 e. The van der Waals surface area contributed by atoms with Crippen LogP contribution < -0.4 is 5.32 Å². The molecule has 0 bridgehead atoms. The quantitative estimate of drug-likeness (QED) is 0.593. The maximum absolute atomic E-state index is 4.18. The summed E-state index contributed by atoms with van der Waals surface area (Å²) in [7, 11) is 1.91. The summed E-state index contributed by atoms with van der Waals surface area (Å²) in [4.78, 5) is 2.54. The van der Waals surface area contributed by atoms with Crippen LogP contribution in [0.5, 0.6) is 0 Å². The molecular weight excluding hydrogens is 136 g/mol. The second-order valence-corrected chi connectivity index (χ2v) is 3.74. The summed E-state index contributed by atoms with van der Waals surface area (Å²) in [6.07, 6.45) is 1.34. The minimum Gasteiger partial charge on any atom is -0.301 e. The highest BCUT2D eigenvalue weighted by Gasteiger charge is 2.23. The van der Waals surface area contributed by atoms with Gasteiger partial charge in [0.2, 0.25) is 0 Å². The first kappa shape index (κ1) is 9.01. The summed E-state index contributed by atoms with van der Waals surface area (Å²) in [6, 6.07) is 0.719. The molecule has 65 valence electrons. The Hall–Kier alpha value is -0.0800. The molecule has 0 saturated carbocycles. The molecule has 1 radical (unpaired) electrons. The molecule has 1 aliphatic rings. The third-order valence-corrected chi connectivity index (χ3v) is 2.49. The molecule has 1 saturated heterocycles. The highest BCUT2D eigenvalue weighted by atomic mass is 15.2. The molecular formula is C9H19N2. The molecule has 0 N–H and O–H groups in total. The zero-order valence-corrected chi connectivity index (χ0v) is 7.88. The molecule has 2 nitrogen and oxygen atoms in total. The Labute approximate surface area is 70.0 Å². The van der Waals surface area contributed by atoms with Crippen molar-refractivity contribution in [3.05, 3.63) is 0 Å². The van der Waals surface area contributed by atoms with Crippen molar-refractivity contribution >= 4 is 0 Å². The van der Waals surface area contributed by atoms with Gasteiger partial charge in [-0.2, -0.15) is 0 Å². The third-order valence-electron chi connectivity index (χ3n) is 2.49. The van der Waals surface area contributed by atoms with E-state index in [0.717, 1.165) is 18.5 Å². The maximum atomic E-state index is 4.18. The number of rotatable bonds is 3. The average Bonchev–Trinajstić information content (AvgIpc) is 2.37. The summed E-state index contributed by atoms with van der Waals surface area (Å²) >= 11 is 0. The summed E-state index contributed by atoms with van der Waals surface area (Å²) in [6.45, 7) is 8.13. The maximum Gasteiger partial charge on any atom is 0.0171 e. The predicted molar refractivity (Wildman–Crippen MR) is 47.7 cm³/mol. The fourth-order valence-corrected chi connectivity index (χ4v) is 1.74. The van der Waals surface area contributed by atoms with E-state index in [0.29, 0.717) is 0 Å². The Morgan fingerprint density at radius 3 is 2.73 bits per heavy atom. The summed E-state index contributed by atoms with van der Waals surface area (Å²) < 4.78 is 0. The van der Waals surface area contributed by atoms with Crippen molar-refractivity contribution in [2.45, 2.75) is 26.3 Å². The van der Waals surface area contributed by atoms with Gasteiger partial charge in [-0.1, -0.05) is 0 Å². The zero-order valence-electron chi connectivity index (χ0n) is 7.88. The van der Waals surface area contributed by atoms with Gasteiger partial charge in [0.15, 0.2) is 0 Å². The van der Waals surface area contributed by atoms with Gasteiger partial charge < -0.3 is 4.90 Å². The molecule has 1 heterocycles. The normalized spacial score (nSPS) is 26.7. The molecule has 11 heavy (non-hydrogen) atoms. The molecule has 2 heteroatoms. The van der Waals surface area contributed by atoms with Gasteiger partial charge in [0, 0.05) is 26.2 Å². The fraction of sp³-hybridized carbons (Fsp3) is 1.00. The van der Waals surface area contributed by atoms with Crippen molar-refractivity contribution in [1.29, 1.82) is 0 Å². The molecule has 1 atom stereocenters. The van der Waals surface area contributed by atoms with E-state index in [1.165, 1.54) is 19.5 Å². The van der Waals surface area contributed by atoms with Gasteiger partial charge in [0.25, 0.3) is 0 Å². The van der Waals surface area contributed by atoms with Crippen LogP contribution in [0.1, 0.15) is 20.3 Å². The molecule has 1 fully saturated rings. The van der Waals surface area contributed by atoms with Crippen molar-refractivity contribution in [1.82, 2.24) is 10.2 Å². The molecule has 0 amide bonds. The smallest absolute Gasteiger partial charge is 0.0171 e. The number of likely N-dealkylation sites (tertiary alicyclic amines) is 1. The minimum atomic E-state index is 0.719. The summed E-state index contributed by atoms with van der Waals surface area (Å²) in [5.41, 5.74) is 0. The van der Waals surface area contributed by atoms with Gasteiger partial charge in [-0.3, -0.25) is 0 Å². The van der Waals surface area contributed by atoms with Gasteiger partial charge in [-0.05, 0) is 32.7 Å². The van der Waals surface area contributed by atoms with E-state index in [9.17, 15) is 0 Å². The van der Waals surface area contributed by atoms with Crippen molar-refractivity contribution in [3.8, 4) is 0 Å². The van der Waals surface area contributed by atoms with Crippen molar-refractivity contribution in [2.75, 3.05) is 26.7 Å². The summed E-state index contributed by atoms with van der Waals surface area (Å²) in [5.74, 6) is 0.836. The molecule has 0 aromatic carbocycles. The van der Waals surface area contributed by atoms with E-state index in [2.05, 4.69) is 24.1 Å². The molecule has 1 aliphatic heterocycles. The lowest BCUT2D eigenvalue weighted by Gasteiger charge is -2.19. The third kappa shape index (κ3) is 2.46. The van der Waals surface area contributed by atoms with Crippen LogP contribution in [0.2, 0.25) is 0 Å². The summed E-state index contributed by atoms with van der Waals surface area (Å²) in [5, 5.41) is 4.18. The highest BCUT2D eigenvalue weighted by molar-refractivity contribution is 4.78. The Balaban J connectivity index is 2.23. The van der Waals surface area contributed by atoms with Crippen LogP contribution in [0.25, 0.3) is 0 Å². The molecule has 1 unspecified atom stereocenters. The van der Waals surface area contributed by atoms with E-state index in [1.54, 1.807) is 0 Å². The molecule has 0 aliphatic carbocycles. The van der Waals surface area contributed by atoms with Gasteiger partial charge in [-0.25, -0.2) is 5.32 Å². The molecule has 1 rings (SSSR count). The number of hydrogen-bond acceptors (Lipinski definition) is 1. The van der Waals surface area contributed by atoms with Crippen LogP contribution in [0, 0.1) is 5.92 Å². The van der Waals surface area contributed by atoms with Gasteiger partial charge >= 0.3 is 0 Å². The monoisotopic (exact) mass is 155 g/mol. The Morgan fingerprint density at radius 1 is 1.55 bits per heavy atom. The standard InChI is InChI=1S/C9H19N2/c1-8(2)11-5-4-9(7-11)6-10-3/h8-9H,4-7H2,1-3H3. The first-order valence-corrected chi connectivity index (χ1v) is 4.53. The van der Waals surface area contributed by atoms with Gasteiger partial charge in [-0.15, -0.1) is 0 Å². The van der Waals surface area contributed by atoms with Crippen molar-refractivity contribution in [2.24, 2.45) is 5.92 Å². The van der Waals surface area contributed by atoms with Gasteiger partial charge in [0.05, 0.1) is 0 Å². The van der Waals surface area contributed by atoms with Gasteiger partial charge in [0.1, 0.15) is 0 Å². The number of hydrogen-bond donors (Lipinski definition) is 0. The van der Waals surface area contributed by atoms with E-state index in [-0.39, 0.29) is 0 Å². The van der Waals surface area contributed by atoms with Crippen LogP contribution in [-0.4, -0.2) is 37.6 Å². The fourth-order valence-electron chi connectivity index (χ4n) is 1.74. The highest BCUT2D eigenvalue weighted by Crippen LogP contribution is 2.17. The predicted octanol–water partition coefficient (Wildman–Crippen LogP) is 0.951.